The maximum Gasteiger partial charge on any atom is 0.178 e. The largest absolute Gasteiger partial charge is 0.290 e. The smallest absolute Gasteiger partial charge is 0.178 e. The van der Waals surface area contributed by atoms with Crippen molar-refractivity contribution in [2.24, 2.45) is 23.2 Å². The van der Waals surface area contributed by atoms with Gasteiger partial charge in [0.25, 0.3) is 0 Å². The Kier molecular flexibility index (Phi) is 4.36. The van der Waals surface area contributed by atoms with Gasteiger partial charge in [-0.3, -0.25) is 4.79 Å². The summed E-state index contributed by atoms with van der Waals surface area (Å²) in [5.74, 6) is 1.95. The molecule has 0 saturated heterocycles. The average Bonchev–Trinajstić information content (AvgIpc) is 2.43. The molecule has 4 unspecified atom stereocenters. The number of ketones is 1. The third kappa shape index (κ3) is 2.43. The molecule has 1 nitrogen and oxygen atoms in total. The van der Waals surface area contributed by atoms with E-state index in [1.54, 1.807) is 6.08 Å². The van der Waals surface area contributed by atoms with E-state index in [2.05, 4.69) is 40.3 Å². The first-order chi connectivity index (χ1) is 9.43. The van der Waals surface area contributed by atoms with Crippen LogP contribution >= 0.6 is 0 Å². The number of hydrogen-bond acceptors (Lipinski definition) is 1. The minimum atomic E-state index is -0.0998. The molecule has 0 heterocycles. The first-order valence-corrected chi connectivity index (χ1v) is 8.08. The summed E-state index contributed by atoms with van der Waals surface area (Å²) < 4.78 is 0. The summed E-state index contributed by atoms with van der Waals surface area (Å²) in [6.45, 7) is 13.5. The predicted octanol–water partition coefficient (Wildman–Crippen LogP) is 5.10. The highest BCUT2D eigenvalue weighted by atomic mass is 16.1. The highest BCUT2D eigenvalue weighted by molar-refractivity contribution is 6.01. The van der Waals surface area contributed by atoms with Gasteiger partial charge in [-0.1, -0.05) is 58.3 Å². The lowest BCUT2D eigenvalue weighted by Crippen LogP contribution is -2.38. The van der Waals surface area contributed by atoms with E-state index >= 15 is 0 Å². The number of hydrogen-bond donors (Lipinski definition) is 0. The number of rotatable bonds is 4. The van der Waals surface area contributed by atoms with Crippen LogP contribution in [-0.2, 0) is 4.79 Å². The topological polar surface area (TPSA) is 17.1 Å². The maximum absolute atomic E-state index is 11.7. The lowest BCUT2D eigenvalue weighted by Gasteiger charge is -2.48. The minimum Gasteiger partial charge on any atom is -0.290 e. The second kappa shape index (κ2) is 5.71. The van der Waals surface area contributed by atoms with Crippen LogP contribution in [0.2, 0.25) is 0 Å². The second-order valence-corrected chi connectivity index (χ2v) is 6.76. The molecule has 0 spiro atoms. The van der Waals surface area contributed by atoms with Gasteiger partial charge in [0.05, 0.1) is 0 Å². The van der Waals surface area contributed by atoms with Crippen molar-refractivity contribution in [2.45, 2.75) is 53.4 Å². The van der Waals surface area contributed by atoms with Gasteiger partial charge >= 0.3 is 0 Å². The normalized spacial score (nSPS) is 34.7. The zero-order valence-electron chi connectivity index (χ0n) is 13.4. The molecule has 0 amide bonds. The first-order valence-electron chi connectivity index (χ1n) is 8.08. The van der Waals surface area contributed by atoms with Crippen molar-refractivity contribution in [1.82, 2.24) is 0 Å². The van der Waals surface area contributed by atoms with E-state index in [4.69, 9.17) is 0 Å². The molecule has 0 aromatic rings. The third-order valence-electron chi connectivity index (χ3n) is 5.48. The van der Waals surface area contributed by atoms with E-state index in [1.165, 1.54) is 30.4 Å². The zero-order chi connectivity index (χ0) is 14.9. The fraction of sp³-hybridized carbons (Fsp3) is 0.632. The Hall–Kier alpha value is -1.11. The van der Waals surface area contributed by atoms with Crippen LogP contribution in [0.25, 0.3) is 0 Å². The van der Waals surface area contributed by atoms with Crippen LogP contribution in [0.4, 0.5) is 0 Å². The van der Waals surface area contributed by atoms with Gasteiger partial charge in [0.15, 0.2) is 5.78 Å². The van der Waals surface area contributed by atoms with E-state index in [0.717, 1.165) is 12.3 Å². The number of carbonyl (C=O) groups is 1. The van der Waals surface area contributed by atoms with Gasteiger partial charge in [-0.05, 0) is 48.8 Å². The fourth-order valence-electron chi connectivity index (χ4n) is 4.22. The molecular formula is C19H28O. The summed E-state index contributed by atoms with van der Waals surface area (Å²) in [5.41, 5.74) is 2.50. The van der Waals surface area contributed by atoms with Crippen molar-refractivity contribution in [1.29, 1.82) is 0 Å². The van der Waals surface area contributed by atoms with Gasteiger partial charge < -0.3 is 0 Å². The molecule has 1 saturated carbocycles. The molecule has 0 bridgehead atoms. The molecule has 110 valence electrons. The Morgan fingerprint density at radius 1 is 1.45 bits per heavy atom. The van der Waals surface area contributed by atoms with Gasteiger partial charge in [0.1, 0.15) is 0 Å². The molecule has 20 heavy (non-hydrogen) atoms. The number of fused-ring (bicyclic) bond motifs is 1. The van der Waals surface area contributed by atoms with Gasteiger partial charge in [-0.15, -0.1) is 0 Å². The van der Waals surface area contributed by atoms with E-state index in [1.807, 2.05) is 6.08 Å². The summed E-state index contributed by atoms with van der Waals surface area (Å²) in [4.78, 5) is 11.7. The van der Waals surface area contributed by atoms with E-state index in [0.29, 0.717) is 11.8 Å². The zero-order valence-corrected chi connectivity index (χ0v) is 13.4. The predicted molar refractivity (Wildman–Crippen MR) is 85.4 cm³/mol. The second-order valence-electron chi connectivity index (χ2n) is 6.76. The van der Waals surface area contributed by atoms with Gasteiger partial charge in [-0.2, -0.15) is 0 Å². The van der Waals surface area contributed by atoms with E-state index < -0.39 is 0 Å². The Bertz CT molecular complexity index is 468. The molecule has 2 aliphatic rings. The molecule has 1 heteroatoms. The summed E-state index contributed by atoms with van der Waals surface area (Å²) >= 11 is 0. The molecule has 0 N–H and O–H groups in total. The molecule has 2 aliphatic carbocycles. The van der Waals surface area contributed by atoms with Gasteiger partial charge in [0, 0.05) is 5.41 Å². The van der Waals surface area contributed by atoms with Crippen molar-refractivity contribution in [3.05, 3.63) is 36.0 Å². The van der Waals surface area contributed by atoms with Crippen molar-refractivity contribution in [3.63, 3.8) is 0 Å². The maximum atomic E-state index is 11.7. The molecule has 0 aliphatic heterocycles. The van der Waals surface area contributed by atoms with Crippen LogP contribution < -0.4 is 0 Å². The summed E-state index contributed by atoms with van der Waals surface area (Å²) in [6, 6.07) is 0. The summed E-state index contributed by atoms with van der Waals surface area (Å²) in [7, 11) is 0. The highest BCUT2D eigenvalue weighted by Crippen LogP contribution is 2.54. The highest BCUT2D eigenvalue weighted by Gasteiger charge is 2.44. The standard InChI is InChI=1S/C19H28O/c1-6-8-15(7-2)17-11-13(3)18-12-16(20)9-10-19(18,5)14(17)4/h9-10,12-13,15,17H,4,6-8,11H2,1-3,5H3. The van der Waals surface area contributed by atoms with Crippen LogP contribution in [0, 0.1) is 23.2 Å². The summed E-state index contributed by atoms with van der Waals surface area (Å²) in [5, 5.41) is 0. The first kappa shape index (κ1) is 15.3. The van der Waals surface area contributed by atoms with Crippen LogP contribution in [0.3, 0.4) is 0 Å². The SMILES string of the molecule is C=C1C(C(CC)CCC)CC(C)C2=CC(=O)C=CC12C. The van der Waals surface area contributed by atoms with Crippen LogP contribution in [0.5, 0.6) is 0 Å². The quantitative estimate of drug-likeness (QED) is 0.651. The molecule has 4 atom stereocenters. The van der Waals surface area contributed by atoms with Crippen molar-refractivity contribution in [3.8, 4) is 0 Å². The van der Waals surface area contributed by atoms with Crippen molar-refractivity contribution < 1.29 is 4.79 Å². The average molecular weight is 272 g/mol. The Morgan fingerprint density at radius 3 is 2.75 bits per heavy atom. The Morgan fingerprint density at radius 2 is 2.15 bits per heavy atom. The molecule has 0 aromatic carbocycles. The fourth-order valence-corrected chi connectivity index (χ4v) is 4.22. The lowest BCUT2D eigenvalue weighted by atomic mass is 9.56. The molecule has 0 aromatic heterocycles. The Labute approximate surface area is 123 Å². The Balaban J connectivity index is 2.35. The van der Waals surface area contributed by atoms with E-state index in [9.17, 15) is 4.79 Å². The summed E-state index contributed by atoms with van der Waals surface area (Å²) in [6.07, 6.45) is 10.6. The molecule has 1 fully saturated rings. The van der Waals surface area contributed by atoms with Crippen LogP contribution in [-0.4, -0.2) is 5.78 Å². The van der Waals surface area contributed by atoms with E-state index in [-0.39, 0.29) is 11.2 Å². The number of carbonyl (C=O) groups excluding carboxylic acids is 1. The van der Waals surface area contributed by atoms with Crippen molar-refractivity contribution >= 4 is 5.78 Å². The molecular weight excluding hydrogens is 244 g/mol. The third-order valence-corrected chi connectivity index (χ3v) is 5.48. The van der Waals surface area contributed by atoms with Gasteiger partial charge in [-0.25, -0.2) is 0 Å². The lowest BCUT2D eigenvalue weighted by molar-refractivity contribution is -0.110. The monoisotopic (exact) mass is 272 g/mol. The van der Waals surface area contributed by atoms with Crippen molar-refractivity contribution in [2.75, 3.05) is 0 Å². The minimum absolute atomic E-state index is 0.0998. The van der Waals surface area contributed by atoms with Crippen LogP contribution in [0.15, 0.2) is 36.0 Å². The molecule has 2 rings (SSSR count). The van der Waals surface area contributed by atoms with Gasteiger partial charge in [0.2, 0.25) is 0 Å². The number of allylic oxidation sites excluding steroid dienone is 5. The molecule has 0 radical (unpaired) electrons. The van der Waals surface area contributed by atoms with Crippen LogP contribution in [0.1, 0.15) is 53.4 Å².